The summed E-state index contributed by atoms with van der Waals surface area (Å²) >= 11 is 0. The van der Waals surface area contributed by atoms with Crippen molar-refractivity contribution in [3.8, 4) is 5.75 Å². The van der Waals surface area contributed by atoms with E-state index in [9.17, 15) is 9.90 Å². The van der Waals surface area contributed by atoms with Crippen LogP contribution in [0.3, 0.4) is 0 Å². The van der Waals surface area contributed by atoms with Crippen LogP contribution in [0.4, 0.5) is 0 Å². The molecule has 1 aromatic rings. The van der Waals surface area contributed by atoms with Gasteiger partial charge in [0.2, 0.25) is 0 Å². The van der Waals surface area contributed by atoms with E-state index in [2.05, 4.69) is 95.4 Å². The fourth-order valence-corrected chi connectivity index (χ4v) is 4.02. The van der Waals surface area contributed by atoms with E-state index in [4.69, 9.17) is 5.11 Å². The van der Waals surface area contributed by atoms with Gasteiger partial charge in [0.1, 0.15) is 5.75 Å². The summed E-state index contributed by atoms with van der Waals surface area (Å²) in [7, 11) is 0. The molecule has 3 nitrogen and oxygen atoms in total. The molecule has 38 heavy (non-hydrogen) atoms. The lowest BCUT2D eigenvalue weighted by molar-refractivity contribution is -0.137. The summed E-state index contributed by atoms with van der Waals surface area (Å²) in [5.74, 6) is 0.215. The molecule has 0 bridgehead atoms. The van der Waals surface area contributed by atoms with Gasteiger partial charge in [-0.3, -0.25) is 4.79 Å². The Hall–Kier alpha value is -2.55. The molecule has 0 atom stereocenters. The zero-order chi connectivity index (χ0) is 28.4. The second-order valence-electron chi connectivity index (χ2n) is 10.3. The van der Waals surface area contributed by atoms with Crippen LogP contribution in [0.1, 0.15) is 134 Å². The second kappa shape index (κ2) is 24.8. The summed E-state index contributed by atoms with van der Waals surface area (Å²) in [6.45, 7) is 10.8. The monoisotopic (exact) mass is 524 g/mol. The number of aliphatic carboxylic acids is 1. The third-order valence-corrected chi connectivity index (χ3v) is 6.42. The first kappa shape index (κ1) is 35.5. The van der Waals surface area contributed by atoms with E-state index in [1.54, 1.807) is 0 Å². The molecule has 3 heteroatoms. The lowest BCUT2D eigenvalue weighted by atomic mass is 9.93. The first-order chi connectivity index (χ1) is 18.3. The number of phenols is 1. The summed E-state index contributed by atoms with van der Waals surface area (Å²) in [6.07, 6.45) is 32.0. The molecule has 0 aromatic heterocycles. The van der Waals surface area contributed by atoms with Crippen LogP contribution in [0.5, 0.6) is 5.75 Å². The fourth-order valence-electron chi connectivity index (χ4n) is 4.02. The summed E-state index contributed by atoms with van der Waals surface area (Å²) in [5, 5.41) is 18.7. The molecule has 0 unspecified atom stereocenters. The maximum atomic E-state index is 10.3. The SMILES string of the molecule is CCCCC/C=C\C/C=C\C/C=C\C/C=C\CCCC(=O)O.CCCCCc1c(C)ccc(C(C)C)c1O. The van der Waals surface area contributed by atoms with Crippen LogP contribution < -0.4 is 0 Å². The molecule has 214 valence electrons. The average molecular weight is 525 g/mol. The van der Waals surface area contributed by atoms with Gasteiger partial charge in [-0.25, -0.2) is 0 Å². The highest BCUT2D eigenvalue weighted by Gasteiger charge is 2.12. The second-order valence-corrected chi connectivity index (χ2v) is 10.3. The zero-order valence-corrected chi connectivity index (χ0v) is 25.1. The van der Waals surface area contributed by atoms with Crippen molar-refractivity contribution in [2.24, 2.45) is 0 Å². The quantitative estimate of drug-likeness (QED) is 0.140. The number of phenolic OH excluding ortho intramolecular Hbond substituents is 1. The van der Waals surface area contributed by atoms with Crippen LogP contribution in [-0.4, -0.2) is 16.2 Å². The summed E-state index contributed by atoms with van der Waals surface area (Å²) < 4.78 is 0. The Morgan fingerprint density at radius 2 is 1.26 bits per heavy atom. The minimum atomic E-state index is -0.712. The molecule has 0 aliphatic rings. The lowest BCUT2D eigenvalue weighted by Crippen LogP contribution is -1.96. The Balaban J connectivity index is 0.000000755. The van der Waals surface area contributed by atoms with Gasteiger partial charge < -0.3 is 10.2 Å². The number of hydrogen-bond donors (Lipinski definition) is 2. The van der Waals surface area contributed by atoms with Crippen molar-refractivity contribution in [1.29, 1.82) is 0 Å². The van der Waals surface area contributed by atoms with Gasteiger partial charge in [0.05, 0.1) is 0 Å². The van der Waals surface area contributed by atoms with Crippen molar-refractivity contribution >= 4 is 5.97 Å². The Kier molecular flexibility index (Phi) is 23.1. The maximum Gasteiger partial charge on any atom is 0.303 e. The number of rotatable bonds is 19. The molecule has 0 aliphatic heterocycles. The highest BCUT2D eigenvalue weighted by molar-refractivity contribution is 5.66. The largest absolute Gasteiger partial charge is 0.507 e. The van der Waals surface area contributed by atoms with Gasteiger partial charge >= 0.3 is 5.97 Å². The van der Waals surface area contributed by atoms with E-state index < -0.39 is 5.97 Å². The highest BCUT2D eigenvalue weighted by Crippen LogP contribution is 2.32. The molecule has 1 aromatic carbocycles. The predicted molar refractivity (Wildman–Crippen MR) is 166 cm³/mol. The number of aryl methyl sites for hydroxylation is 1. The van der Waals surface area contributed by atoms with Crippen molar-refractivity contribution < 1.29 is 15.0 Å². The van der Waals surface area contributed by atoms with Crippen LogP contribution in [0, 0.1) is 6.92 Å². The van der Waals surface area contributed by atoms with Gasteiger partial charge in [-0.05, 0) is 87.3 Å². The summed E-state index contributed by atoms with van der Waals surface area (Å²) in [4.78, 5) is 10.3. The zero-order valence-electron chi connectivity index (χ0n) is 25.1. The molecule has 0 saturated carbocycles. The van der Waals surface area contributed by atoms with Gasteiger partial charge in [0, 0.05) is 6.42 Å². The molecular weight excluding hydrogens is 468 g/mol. The van der Waals surface area contributed by atoms with E-state index in [1.807, 2.05) is 0 Å². The molecular formula is C35H56O3. The van der Waals surface area contributed by atoms with Gasteiger partial charge in [0.15, 0.2) is 0 Å². The number of allylic oxidation sites excluding steroid dienone is 8. The standard InChI is InChI=1S/C20H32O2.C15H24O/c1-2-3-4-5-6-7-8-9-10-11-12-13-14-15-16-17-18-19-20(21)22;1-5-6-7-8-14-12(4)9-10-13(11(2)3)15(14)16/h6-7,9-10,12-13,15-16H,2-5,8,11,14,17-19H2,1H3,(H,21,22);9-11,16H,5-8H2,1-4H3/b7-6-,10-9-,13-12-,16-15-;. The number of benzene rings is 1. The smallest absolute Gasteiger partial charge is 0.303 e. The van der Waals surface area contributed by atoms with E-state index in [0.717, 1.165) is 49.7 Å². The molecule has 1 rings (SSSR count). The van der Waals surface area contributed by atoms with E-state index >= 15 is 0 Å². The topological polar surface area (TPSA) is 57.5 Å². The third kappa shape index (κ3) is 19.5. The third-order valence-electron chi connectivity index (χ3n) is 6.42. The van der Waals surface area contributed by atoms with Gasteiger partial charge in [0.25, 0.3) is 0 Å². The Bertz CT molecular complexity index is 843. The Morgan fingerprint density at radius 3 is 1.76 bits per heavy atom. The normalized spacial score (nSPS) is 11.8. The van der Waals surface area contributed by atoms with Crippen molar-refractivity contribution in [1.82, 2.24) is 0 Å². The van der Waals surface area contributed by atoms with Crippen LogP contribution in [-0.2, 0) is 11.2 Å². The number of aromatic hydroxyl groups is 1. The maximum absolute atomic E-state index is 10.3. The number of carbonyl (C=O) groups is 1. The van der Waals surface area contributed by atoms with Crippen molar-refractivity contribution in [2.45, 2.75) is 130 Å². The molecule has 0 radical (unpaired) electrons. The Morgan fingerprint density at radius 1 is 0.763 bits per heavy atom. The van der Waals surface area contributed by atoms with Gasteiger partial charge in [-0.15, -0.1) is 0 Å². The average Bonchev–Trinajstić information content (AvgIpc) is 2.88. The van der Waals surface area contributed by atoms with Gasteiger partial charge in [-0.2, -0.15) is 0 Å². The molecule has 0 aliphatic carbocycles. The number of carboxylic acid groups (broad SMARTS) is 1. The van der Waals surface area contributed by atoms with Crippen molar-refractivity contribution in [3.63, 3.8) is 0 Å². The van der Waals surface area contributed by atoms with Crippen LogP contribution in [0.25, 0.3) is 0 Å². The minimum Gasteiger partial charge on any atom is -0.507 e. The summed E-state index contributed by atoms with van der Waals surface area (Å²) in [6, 6.07) is 4.19. The molecule has 0 heterocycles. The highest BCUT2D eigenvalue weighted by atomic mass is 16.4. The van der Waals surface area contributed by atoms with E-state index in [0.29, 0.717) is 11.7 Å². The summed E-state index contributed by atoms with van der Waals surface area (Å²) in [5.41, 5.74) is 3.45. The predicted octanol–water partition coefficient (Wildman–Crippen LogP) is 10.8. The lowest BCUT2D eigenvalue weighted by Gasteiger charge is -2.15. The molecule has 0 spiro atoms. The fraction of sp³-hybridized carbons (Fsp3) is 0.571. The number of carboxylic acids is 1. The minimum absolute atomic E-state index is 0.262. The van der Waals surface area contributed by atoms with Gasteiger partial charge in [-0.1, -0.05) is 114 Å². The van der Waals surface area contributed by atoms with Crippen LogP contribution in [0.2, 0.25) is 0 Å². The molecule has 0 saturated heterocycles. The number of unbranched alkanes of at least 4 members (excludes halogenated alkanes) is 6. The van der Waals surface area contributed by atoms with Crippen LogP contribution in [0.15, 0.2) is 60.7 Å². The first-order valence-electron chi connectivity index (χ1n) is 15.0. The van der Waals surface area contributed by atoms with Crippen LogP contribution >= 0.6 is 0 Å². The molecule has 0 fully saturated rings. The van der Waals surface area contributed by atoms with E-state index in [1.165, 1.54) is 50.5 Å². The molecule has 0 amide bonds. The number of hydrogen-bond acceptors (Lipinski definition) is 2. The van der Waals surface area contributed by atoms with E-state index in [-0.39, 0.29) is 6.42 Å². The Labute approximate surface area is 234 Å². The molecule has 2 N–H and O–H groups in total. The first-order valence-corrected chi connectivity index (χ1v) is 15.0. The van der Waals surface area contributed by atoms with Crippen molar-refractivity contribution in [2.75, 3.05) is 0 Å². The van der Waals surface area contributed by atoms with Crippen molar-refractivity contribution in [3.05, 3.63) is 77.4 Å².